The number of hydrogen-bond acceptors (Lipinski definition) is 5. The van der Waals surface area contributed by atoms with Gasteiger partial charge in [0.1, 0.15) is 0 Å². The number of fused-ring (bicyclic) bond motifs is 1. The Balaban J connectivity index is 1.49. The maximum atomic E-state index is 13.3. The zero-order valence-electron chi connectivity index (χ0n) is 23.6. The average Bonchev–Trinajstić information content (AvgIpc) is 3.25. The van der Waals surface area contributed by atoms with E-state index in [4.69, 9.17) is 0 Å². The monoisotopic (exact) mass is 558 g/mol. The summed E-state index contributed by atoms with van der Waals surface area (Å²) in [5.41, 5.74) is 5.80. The fourth-order valence-electron chi connectivity index (χ4n) is 5.48. The molecule has 2 aliphatic rings. The molecule has 210 valence electrons. The van der Waals surface area contributed by atoms with Crippen LogP contribution in [0.15, 0.2) is 72.8 Å². The molecule has 0 aromatic heterocycles. The Morgan fingerprint density at radius 3 is 2.25 bits per heavy atom. The predicted octanol–water partition coefficient (Wildman–Crippen LogP) is 6.53. The molecule has 3 N–H and O–H groups in total. The van der Waals surface area contributed by atoms with Crippen molar-refractivity contribution in [3.05, 3.63) is 89.5 Å². The van der Waals surface area contributed by atoms with Crippen molar-refractivity contribution < 1.29 is 13.2 Å². The first-order chi connectivity index (χ1) is 19.1. The Morgan fingerprint density at radius 1 is 0.950 bits per heavy atom. The number of nitrogens with zero attached hydrogens (tertiary/aromatic N) is 1. The first kappa shape index (κ1) is 27.9. The van der Waals surface area contributed by atoms with E-state index in [2.05, 4.69) is 58.4 Å². The summed E-state index contributed by atoms with van der Waals surface area (Å²) in [6.07, 6.45) is 3.77. The minimum atomic E-state index is -3.53. The van der Waals surface area contributed by atoms with E-state index in [1.165, 1.54) is 24.8 Å². The lowest BCUT2D eigenvalue weighted by Gasteiger charge is -2.39. The topological polar surface area (TPSA) is 90.5 Å². The third kappa shape index (κ3) is 5.93. The number of anilines is 3. The Bertz CT molecular complexity index is 1510. The van der Waals surface area contributed by atoms with Gasteiger partial charge in [0.15, 0.2) is 0 Å². The number of piperidine rings is 1. The Morgan fingerprint density at radius 2 is 1.60 bits per heavy atom. The van der Waals surface area contributed by atoms with E-state index < -0.39 is 15.3 Å². The molecule has 2 aliphatic heterocycles. The first-order valence-electron chi connectivity index (χ1n) is 14.0. The summed E-state index contributed by atoms with van der Waals surface area (Å²) in [5.74, 6) is -0.241. The van der Waals surface area contributed by atoms with Crippen LogP contribution < -0.4 is 15.4 Å². The number of hydrogen-bond donors (Lipinski definition) is 3. The lowest BCUT2D eigenvalue weighted by Crippen LogP contribution is -2.42. The smallest absolute Gasteiger partial charge is 0.258 e. The van der Waals surface area contributed by atoms with Crippen LogP contribution in [0.3, 0.4) is 0 Å². The average molecular weight is 559 g/mol. The van der Waals surface area contributed by atoms with Gasteiger partial charge >= 0.3 is 0 Å². The molecule has 0 radical (unpaired) electrons. The molecular formula is C32H38N4O3S. The van der Waals surface area contributed by atoms with Gasteiger partial charge in [-0.2, -0.15) is 0 Å². The van der Waals surface area contributed by atoms with Crippen molar-refractivity contribution in [2.24, 2.45) is 0 Å². The molecule has 2 unspecified atom stereocenters. The molecule has 3 aromatic rings. The van der Waals surface area contributed by atoms with E-state index in [9.17, 15) is 13.2 Å². The van der Waals surface area contributed by atoms with Gasteiger partial charge in [0.05, 0.1) is 16.5 Å². The molecule has 1 amide bonds. The zero-order chi connectivity index (χ0) is 28.4. The van der Waals surface area contributed by atoms with Gasteiger partial charge in [-0.25, -0.2) is 8.42 Å². The van der Waals surface area contributed by atoms with Crippen LogP contribution in [-0.4, -0.2) is 36.6 Å². The van der Waals surface area contributed by atoms with Crippen LogP contribution in [-0.2, 0) is 21.4 Å². The summed E-state index contributed by atoms with van der Waals surface area (Å²) in [6.45, 7) is 8.80. The second kappa shape index (κ2) is 11.5. The molecule has 0 saturated carbocycles. The Kier molecular flexibility index (Phi) is 8.01. The zero-order valence-corrected chi connectivity index (χ0v) is 24.4. The molecule has 1 fully saturated rings. The summed E-state index contributed by atoms with van der Waals surface area (Å²) in [6, 6.07) is 24.4. The van der Waals surface area contributed by atoms with Crippen LogP contribution in [0.5, 0.6) is 0 Å². The number of rotatable bonds is 8. The van der Waals surface area contributed by atoms with Crippen molar-refractivity contribution >= 4 is 44.3 Å². The van der Waals surface area contributed by atoms with Gasteiger partial charge in [-0.05, 0) is 82.0 Å². The van der Waals surface area contributed by atoms with Gasteiger partial charge < -0.3 is 10.6 Å². The van der Waals surface area contributed by atoms with Crippen molar-refractivity contribution in [1.29, 1.82) is 0 Å². The van der Waals surface area contributed by atoms with Crippen LogP contribution in [0.25, 0.3) is 11.3 Å². The highest BCUT2D eigenvalue weighted by Gasteiger charge is 2.30. The standard InChI is InChI=1S/C32H38N4O3S/c1-21(2)40(38,39)35-27-17-18-29-28(19-27)30(32(37)34-29)31(25-11-6-5-7-12-25)33-26-15-13-24(14-16-26)20-36-22(3)9-8-10-23(36)4/h5-7,11-19,21-23,33,35H,8-10,20H2,1-4H3,(H,34,37)/b31-30+. The molecular weight excluding hydrogens is 520 g/mol. The van der Waals surface area contributed by atoms with Crippen LogP contribution in [0.4, 0.5) is 17.1 Å². The van der Waals surface area contributed by atoms with Gasteiger partial charge in [0.25, 0.3) is 5.91 Å². The highest BCUT2D eigenvalue weighted by atomic mass is 32.2. The Hall–Kier alpha value is -3.62. The number of benzene rings is 3. The fraction of sp³-hybridized carbons (Fsp3) is 0.344. The van der Waals surface area contributed by atoms with Gasteiger partial charge in [-0.15, -0.1) is 0 Å². The number of likely N-dealkylation sites (tertiary alicyclic amines) is 1. The molecule has 8 heteroatoms. The van der Waals surface area contributed by atoms with Crippen LogP contribution >= 0.6 is 0 Å². The third-order valence-electron chi connectivity index (χ3n) is 7.92. The van der Waals surface area contributed by atoms with Gasteiger partial charge in [0, 0.05) is 41.3 Å². The summed E-state index contributed by atoms with van der Waals surface area (Å²) in [5, 5.41) is 5.87. The minimum Gasteiger partial charge on any atom is -0.354 e. The maximum absolute atomic E-state index is 13.3. The second-order valence-electron chi connectivity index (χ2n) is 11.1. The van der Waals surface area contributed by atoms with E-state index in [0.29, 0.717) is 40.3 Å². The third-order valence-corrected chi connectivity index (χ3v) is 9.68. The van der Waals surface area contributed by atoms with Crippen LogP contribution in [0.1, 0.15) is 63.6 Å². The van der Waals surface area contributed by atoms with Crippen molar-refractivity contribution in [2.45, 2.75) is 70.8 Å². The summed E-state index contributed by atoms with van der Waals surface area (Å²) >= 11 is 0. The van der Waals surface area contributed by atoms with Crippen molar-refractivity contribution in [2.75, 3.05) is 15.4 Å². The normalized spacial score (nSPS) is 20.7. The summed E-state index contributed by atoms with van der Waals surface area (Å²) < 4.78 is 27.7. The number of nitrogens with one attached hydrogen (secondary N) is 3. The minimum absolute atomic E-state index is 0.241. The van der Waals surface area contributed by atoms with E-state index in [0.717, 1.165) is 17.8 Å². The van der Waals surface area contributed by atoms with E-state index in [1.54, 1.807) is 32.0 Å². The summed E-state index contributed by atoms with van der Waals surface area (Å²) in [4.78, 5) is 15.9. The first-order valence-corrected chi connectivity index (χ1v) is 15.6. The second-order valence-corrected chi connectivity index (χ2v) is 13.4. The van der Waals surface area contributed by atoms with Crippen molar-refractivity contribution in [3.63, 3.8) is 0 Å². The molecule has 7 nitrogen and oxygen atoms in total. The lowest BCUT2D eigenvalue weighted by molar-refractivity contribution is -0.110. The largest absolute Gasteiger partial charge is 0.354 e. The predicted molar refractivity (Wildman–Crippen MR) is 164 cm³/mol. The lowest BCUT2D eigenvalue weighted by atomic mass is 9.96. The van der Waals surface area contributed by atoms with E-state index in [1.807, 2.05) is 30.3 Å². The number of carbonyl (C=O) groups is 1. The molecule has 2 heterocycles. The quantitative estimate of drug-likeness (QED) is 0.274. The van der Waals surface area contributed by atoms with Crippen molar-refractivity contribution in [1.82, 2.24) is 4.90 Å². The van der Waals surface area contributed by atoms with Gasteiger partial charge in [-0.1, -0.05) is 48.9 Å². The molecule has 0 aliphatic carbocycles. The molecule has 5 rings (SSSR count). The SMILES string of the molecule is CC1CCCC(C)N1Cc1ccc(N/C(=C2/C(=O)Nc3ccc(NS(=O)(=O)C(C)C)cc32)c2ccccc2)cc1. The molecule has 3 aromatic carbocycles. The molecule has 0 spiro atoms. The maximum Gasteiger partial charge on any atom is 0.258 e. The summed E-state index contributed by atoms with van der Waals surface area (Å²) in [7, 11) is -3.53. The number of carbonyl (C=O) groups excluding carboxylic acids is 1. The fourth-order valence-corrected chi connectivity index (χ4v) is 6.17. The number of amides is 1. The molecule has 2 atom stereocenters. The van der Waals surface area contributed by atoms with E-state index in [-0.39, 0.29) is 5.91 Å². The highest BCUT2D eigenvalue weighted by molar-refractivity contribution is 7.93. The number of sulfonamides is 1. The van der Waals surface area contributed by atoms with Gasteiger partial charge in [0.2, 0.25) is 10.0 Å². The molecule has 1 saturated heterocycles. The van der Waals surface area contributed by atoms with Crippen LogP contribution in [0, 0.1) is 0 Å². The van der Waals surface area contributed by atoms with Gasteiger partial charge in [-0.3, -0.25) is 14.4 Å². The van der Waals surface area contributed by atoms with Crippen molar-refractivity contribution in [3.8, 4) is 0 Å². The Labute approximate surface area is 237 Å². The molecule has 40 heavy (non-hydrogen) atoms. The van der Waals surface area contributed by atoms with Crippen LogP contribution in [0.2, 0.25) is 0 Å². The highest BCUT2D eigenvalue weighted by Crippen LogP contribution is 2.39. The molecule has 0 bridgehead atoms. The van der Waals surface area contributed by atoms with E-state index >= 15 is 0 Å².